The molecule has 6 heteroatoms. The number of unbranched alkanes of at least 4 members (excludes halogenated alkanes) is 1. The molecule has 2 unspecified atom stereocenters. The Morgan fingerprint density at radius 3 is 2.59 bits per heavy atom. The molecule has 2 atom stereocenters. The minimum absolute atomic E-state index is 0.0108. The van der Waals surface area contributed by atoms with Crippen molar-refractivity contribution in [2.75, 3.05) is 12.3 Å². The van der Waals surface area contributed by atoms with Crippen LogP contribution < -0.4 is 4.72 Å². The summed E-state index contributed by atoms with van der Waals surface area (Å²) in [7, 11) is -3.39. The Morgan fingerprint density at radius 1 is 1.53 bits per heavy atom. The zero-order chi connectivity index (χ0) is 13.5. The average Bonchev–Trinajstić information content (AvgIpc) is 2.26. The fraction of sp³-hybridized carbons (Fsp3) is 0.909. The molecule has 0 aromatic heterocycles. The third-order valence-electron chi connectivity index (χ3n) is 3.03. The van der Waals surface area contributed by atoms with Gasteiger partial charge in [0.15, 0.2) is 0 Å². The van der Waals surface area contributed by atoms with E-state index in [2.05, 4.69) is 4.72 Å². The summed E-state index contributed by atoms with van der Waals surface area (Å²) in [5.41, 5.74) is -1.04. The van der Waals surface area contributed by atoms with E-state index in [1.807, 2.05) is 19.9 Å². The SMILES string of the molecule is CCC(C)C(C)(O)CNS(=O)(=O)CCCC#N. The third-order valence-corrected chi connectivity index (χ3v) is 4.44. The van der Waals surface area contributed by atoms with Crippen LogP contribution in [0.2, 0.25) is 0 Å². The Balaban J connectivity index is 4.23. The van der Waals surface area contributed by atoms with Gasteiger partial charge in [0.1, 0.15) is 0 Å². The number of nitriles is 1. The van der Waals surface area contributed by atoms with Gasteiger partial charge in [-0.3, -0.25) is 0 Å². The molecule has 0 aliphatic carbocycles. The van der Waals surface area contributed by atoms with E-state index in [1.54, 1.807) is 6.92 Å². The second kappa shape index (κ2) is 6.94. The van der Waals surface area contributed by atoms with Crippen molar-refractivity contribution in [3.63, 3.8) is 0 Å². The summed E-state index contributed by atoms with van der Waals surface area (Å²) in [5, 5.41) is 18.4. The fourth-order valence-electron chi connectivity index (χ4n) is 1.28. The molecule has 0 radical (unpaired) electrons. The monoisotopic (exact) mass is 262 g/mol. The molecule has 0 aromatic rings. The molecule has 0 saturated carbocycles. The Bertz CT molecular complexity index is 357. The molecule has 5 nitrogen and oxygen atoms in total. The van der Waals surface area contributed by atoms with Crippen LogP contribution in [0.1, 0.15) is 40.0 Å². The molecule has 0 rings (SSSR count). The van der Waals surface area contributed by atoms with Crippen LogP contribution in [0.5, 0.6) is 0 Å². The van der Waals surface area contributed by atoms with Gasteiger partial charge >= 0.3 is 0 Å². The van der Waals surface area contributed by atoms with E-state index in [0.717, 1.165) is 6.42 Å². The summed E-state index contributed by atoms with van der Waals surface area (Å²) in [4.78, 5) is 0. The van der Waals surface area contributed by atoms with E-state index < -0.39 is 15.6 Å². The molecule has 17 heavy (non-hydrogen) atoms. The molecule has 0 aliphatic heterocycles. The number of rotatable bonds is 8. The predicted octanol–water partition coefficient (Wildman–Crippen LogP) is 1.01. The number of nitrogens with one attached hydrogen (secondary N) is 1. The molecule has 2 N–H and O–H groups in total. The molecule has 0 aliphatic rings. The smallest absolute Gasteiger partial charge is 0.211 e. The second-order valence-electron chi connectivity index (χ2n) is 4.57. The highest BCUT2D eigenvalue weighted by molar-refractivity contribution is 7.89. The molecule has 0 aromatic carbocycles. The number of aliphatic hydroxyl groups is 1. The van der Waals surface area contributed by atoms with Crippen molar-refractivity contribution in [1.29, 1.82) is 5.26 Å². The van der Waals surface area contributed by atoms with Crippen molar-refractivity contribution in [3.8, 4) is 6.07 Å². The first-order valence-corrected chi connectivity index (χ1v) is 7.47. The van der Waals surface area contributed by atoms with Crippen LogP contribution in [0.15, 0.2) is 0 Å². The lowest BCUT2D eigenvalue weighted by molar-refractivity contribution is 0.0102. The lowest BCUT2D eigenvalue weighted by Crippen LogP contribution is -2.45. The zero-order valence-corrected chi connectivity index (χ0v) is 11.5. The predicted molar refractivity (Wildman–Crippen MR) is 66.7 cm³/mol. The third kappa shape index (κ3) is 6.61. The number of hydrogen-bond acceptors (Lipinski definition) is 4. The average molecular weight is 262 g/mol. The van der Waals surface area contributed by atoms with Crippen LogP contribution >= 0.6 is 0 Å². The van der Waals surface area contributed by atoms with E-state index in [-0.39, 0.29) is 24.6 Å². The van der Waals surface area contributed by atoms with Crippen LogP contribution in [-0.2, 0) is 10.0 Å². The second-order valence-corrected chi connectivity index (χ2v) is 6.49. The summed E-state index contributed by atoms with van der Waals surface area (Å²) in [6.07, 6.45) is 1.32. The first-order valence-electron chi connectivity index (χ1n) is 5.82. The van der Waals surface area contributed by atoms with E-state index in [0.29, 0.717) is 6.42 Å². The molecule has 0 amide bonds. The highest BCUT2D eigenvalue weighted by Crippen LogP contribution is 2.19. The first kappa shape index (κ1) is 16.4. The van der Waals surface area contributed by atoms with Crippen LogP contribution in [0, 0.1) is 17.2 Å². The summed E-state index contributed by atoms with van der Waals surface area (Å²) >= 11 is 0. The normalized spacial score (nSPS) is 17.1. The summed E-state index contributed by atoms with van der Waals surface area (Å²) in [5.74, 6) is -0.0544. The molecule has 0 spiro atoms. The topological polar surface area (TPSA) is 90.2 Å². The molecule has 0 fully saturated rings. The van der Waals surface area contributed by atoms with Crippen LogP contribution in [0.3, 0.4) is 0 Å². The molecule has 100 valence electrons. The van der Waals surface area contributed by atoms with E-state index >= 15 is 0 Å². The van der Waals surface area contributed by atoms with E-state index in [1.165, 1.54) is 0 Å². The van der Waals surface area contributed by atoms with E-state index in [4.69, 9.17) is 5.26 Å². The summed E-state index contributed by atoms with van der Waals surface area (Å²) < 4.78 is 25.4. The Hall–Kier alpha value is -0.640. The maximum atomic E-state index is 11.5. The number of hydrogen-bond donors (Lipinski definition) is 2. The van der Waals surface area contributed by atoms with Crippen LogP contribution in [-0.4, -0.2) is 31.4 Å². The van der Waals surface area contributed by atoms with Crippen molar-refractivity contribution in [2.24, 2.45) is 5.92 Å². The molecule has 0 bridgehead atoms. The van der Waals surface area contributed by atoms with Crippen molar-refractivity contribution in [3.05, 3.63) is 0 Å². The van der Waals surface area contributed by atoms with Crippen molar-refractivity contribution in [2.45, 2.75) is 45.6 Å². The number of sulfonamides is 1. The van der Waals surface area contributed by atoms with Gasteiger partial charge in [0, 0.05) is 13.0 Å². The van der Waals surface area contributed by atoms with Crippen molar-refractivity contribution < 1.29 is 13.5 Å². The minimum atomic E-state index is -3.39. The Kier molecular flexibility index (Phi) is 6.68. The van der Waals surface area contributed by atoms with Gasteiger partial charge < -0.3 is 5.11 Å². The maximum Gasteiger partial charge on any atom is 0.211 e. The van der Waals surface area contributed by atoms with Gasteiger partial charge in [-0.25, -0.2) is 13.1 Å². The Labute approximate surface area is 104 Å². The largest absolute Gasteiger partial charge is 0.389 e. The van der Waals surface area contributed by atoms with Crippen LogP contribution in [0.4, 0.5) is 0 Å². The molecule has 0 heterocycles. The highest BCUT2D eigenvalue weighted by atomic mass is 32.2. The minimum Gasteiger partial charge on any atom is -0.389 e. The lowest BCUT2D eigenvalue weighted by Gasteiger charge is -2.29. The van der Waals surface area contributed by atoms with E-state index in [9.17, 15) is 13.5 Å². The summed E-state index contributed by atoms with van der Waals surface area (Å²) in [6.45, 7) is 5.46. The fourth-order valence-corrected chi connectivity index (χ4v) is 2.46. The molecular formula is C11H22N2O3S. The zero-order valence-electron chi connectivity index (χ0n) is 10.7. The number of nitrogens with zero attached hydrogens (tertiary/aromatic N) is 1. The standard InChI is InChI=1S/C11H22N2O3S/c1-4-10(2)11(3,14)9-13-17(15,16)8-6-5-7-12/h10,13-14H,4-6,8-9H2,1-3H3. The Morgan fingerprint density at radius 2 is 2.12 bits per heavy atom. The van der Waals surface area contributed by atoms with Gasteiger partial charge in [-0.15, -0.1) is 0 Å². The quantitative estimate of drug-likeness (QED) is 0.639. The molecular weight excluding hydrogens is 240 g/mol. The lowest BCUT2D eigenvalue weighted by atomic mass is 9.89. The highest BCUT2D eigenvalue weighted by Gasteiger charge is 2.28. The van der Waals surface area contributed by atoms with Gasteiger partial charge in [-0.1, -0.05) is 20.3 Å². The molecule has 0 saturated heterocycles. The first-order chi connectivity index (χ1) is 7.75. The maximum absolute atomic E-state index is 11.5. The van der Waals surface area contributed by atoms with Gasteiger partial charge in [0.05, 0.1) is 17.4 Å². The summed E-state index contributed by atoms with van der Waals surface area (Å²) in [6, 6.07) is 1.90. The van der Waals surface area contributed by atoms with Gasteiger partial charge in [-0.05, 0) is 19.3 Å². The van der Waals surface area contributed by atoms with Crippen LogP contribution in [0.25, 0.3) is 0 Å². The van der Waals surface area contributed by atoms with Gasteiger partial charge in [0.2, 0.25) is 10.0 Å². The van der Waals surface area contributed by atoms with Crippen molar-refractivity contribution >= 4 is 10.0 Å². The van der Waals surface area contributed by atoms with Gasteiger partial charge in [0.25, 0.3) is 0 Å². The van der Waals surface area contributed by atoms with Crippen molar-refractivity contribution in [1.82, 2.24) is 4.72 Å². The van der Waals surface area contributed by atoms with Gasteiger partial charge in [-0.2, -0.15) is 5.26 Å².